The first kappa shape index (κ1) is 20.8. The molecule has 1 aromatic carbocycles. The molecule has 5 nitrogen and oxygen atoms in total. The number of hydrogen-bond donors (Lipinski definition) is 0. The standard InChI is InChI=1S/C22H24F2N4OS/c1-15-7-8-28-19(16(2)25-20(28)13-15)14-26-9-11-27(12-10-26)21(29)17-3-5-18(6-4-17)30-22(23)24/h3-8,13,22H,9-12,14H2,1-2H3. The maximum absolute atomic E-state index is 12.8. The number of nitrogens with zero attached hydrogens (tertiary/aromatic N) is 4. The molecule has 2 aromatic heterocycles. The van der Waals surface area contributed by atoms with Crippen molar-refractivity contribution >= 4 is 23.3 Å². The van der Waals surface area contributed by atoms with Gasteiger partial charge in [-0.3, -0.25) is 9.69 Å². The van der Waals surface area contributed by atoms with Crippen molar-refractivity contribution in [1.82, 2.24) is 19.2 Å². The molecule has 0 aliphatic carbocycles. The summed E-state index contributed by atoms with van der Waals surface area (Å²) < 4.78 is 27.0. The molecule has 1 saturated heterocycles. The lowest BCUT2D eigenvalue weighted by Gasteiger charge is -2.34. The summed E-state index contributed by atoms with van der Waals surface area (Å²) in [5, 5.41) is 0. The average Bonchev–Trinajstić information content (AvgIpc) is 3.02. The fraction of sp³-hybridized carbons (Fsp3) is 0.364. The molecule has 1 aliphatic rings. The number of thioether (sulfide) groups is 1. The SMILES string of the molecule is Cc1ccn2c(CN3CCN(C(=O)c4ccc(SC(F)F)cc4)CC3)c(C)nc2c1. The number of rotatable bonds is 5. The van der Waals surface area contributed by atoms with Crippen LogP contribution in [0.2, 0.25) is 0 Å². The van der Waals surface area contributed by atoms with Crippen LogP contribution >= 0.6 is 11.8 Å². The average molecular weight is 431 g/mol. The number of imidazole rings is 1. The second kappa shape index (κ2) is 8.73. The molecule has 158 valence electrons. The van der Waals surface area contributed by atoms with Gasteiger partial charge in [0, 0.05) is 49.4 Å². The molecule has 0 atom stereocenters. The third kappa shape index (κ3) is 4.49. The summed E-state index contributed by atoms with van der Waals surface area (Å²) in [6, 6.07) is 10.6. The zero-order valence-electron chi connectivity index (χ0n) is 17.0. The van der Waals surface area contributed by atoms with Crippen LogP contribution < -0.4 is 0 Å². The van der Waals surface area contributed by atoms with Crippen molar-refractivity contribution in [3.8, 4) is 0 Å². The third-order valence-corrected chi connectivity index (χ3v) is 6.16. The van der Waals surface area contributed by atoms with E-state index < -0.39 is 5.76 Å². The van der Waals surface area contributed by atoms with E-state index in [1.165, 1.54) is 11.3 Å². The highest BCUT2D eigenvalue weighted by Crippen LogP contribution is 2.25. The third-order valence-electron chi connectivity index (χ3n) is 5.44. The van der Waals surface area contributed by atoms with Crippen molar-refractivity contribution in [2.75, 3.05) is 26.2 Å². The highest BCUT2D eigenvalue weighted by atomic mass is 32.2. The first-order chi connectivity index (χ1) is 14.4. The number of piperazine rings is 1. The molecule has 8 heteroatoms. The maximum Gasteiger partial charge on any atom is 0.288 e. The predicted octanol–water partition coefficient (Wildman–Crippen LogP) is 4.22. The predicted molar refractivity (Wildman–Crippen MR) is 114 cm³/mol. The minimum Gasteiger partial charge on any atom is -0.336 e. The van der Waals surface area contributed by atoms with E-state index in [0.717, 1.165) is 31.0 Å². The minimum atomic E-state index is -2.46. The van der Waals surface area contributed by atoms with Crippen LogP contribution in [0.25, 0.3) is 5.65 Å². The topological polar surface area (TPSA) is 40.9 Å². The van der Waals surface area contributed by atoms with Gasteiger partial charge >= 0.3 is 0 Å². The van der Waals surface area contributed by atoms with Crippen molar-refractivity contribution in [1.29, 1.82) is 0 Å². The number of halogens is 2. The van der Waals surface area contributed by atoms with Crippen LogP contribution in [-0.4, -0.2) is 57.0 Å². The van der Waals surface area contributed by atoms with Crippen molar-refractivity contribution < 1.29 is 13.6 Å². The van der Waals surface area contributed by atoms with Crippen LogP contribution in [-0.2, 0) is 6.54 Å². The fourth-order valence-electron chi connectivity index (χ4n) is 3.79. The lowest BCUT2D eigenvalue weighted by Crippen LogP contribution is -2.48. The van der Waals surface area contributed by atoms with Crippen molar-refractivity contribution in [2.45, 2.75) is 31.0 Å². The van der Waals surface area contributed by atoms with Gasteiger partial charge in [-0.25, -0.2) is 4.98 Å². The summed E-state index contributed by atoms with van der Waals surface area (Å²) in [5.74, 6) is -2.51. The number of aromatic nitrogens is 2. The molecule has 1 aliphatic heterocycles. The van der Waals surface area contributed by atoms with Gasteiger partial charge in [0.1, 0.15) is 5.65 Å². The van der Waals surface area contributed by atoms with Crippen molar-refractivity contribution in [2.24, 2.45) is 0 Å². The minimum absolute atomic E-state index is 0.0512. The Hall–Kier alpha value is -2.45. The number of carbonyl (C=O) groups excluding carboxylic acids is 1. The Kier molecular flexibility index (Phi) is 6.06. The summed E-state index contributed by atoms with van der Waals surface area (Å²) in [6.45, 7) is 7.73. The first-order valence-corrected chi connectivity index (χ1v) is 10.8. The van der Waals surface area contributed by atoms with Crippen LogP contribution in [0.15, 0.2) is 47.5 Å². The molecule has 0 radical (unpaired) electrons. The molecule has 0 spiro atoms. The fourth-order valence-corrected chi connectivity index (χ4v) is 4.29. The van der Waals surface area contributed by atoms with Crippen LogP contribution in [0.4, 0.5) is 8.78 Å². The van der Waals surface area contributed by atoms with Gasteiger partial charge in [-0.05, 0) is 55.8 Å². The Balaban J connectivity index is 1.37. The number of benzene rings is 1. The molecule has 3 heterocycles. The number of alkyl halides is 2. The van der Waals surface area contributed by atoms with Gasteiger partial charge < -0.3 is 9.30 Å². The van der Waals surface area contributed by atoms with Gasteiger partial charge in [-0.15, -0.1) is 0 Å². The van der Waals surface area contributed by atoms with Gasteiger partial charge in [-0.2, -0.15) is 8.78 Å². The van der Waals surface area contributed by atoms with Gasteiger partial charge in [-0.1, -0.05) is 11.8 Å². The number of aryl methyl sites for hydroxylation is 2. The summed E-state index contributed by atoms with van der Waals surface area (Å²) in [4.78, 5) is 22.1. The molecule has 0 bridgehead atoms. The number of amides is 1. The Labute approximate surface area is 178 Å². The summed E-state index contributed by atoms with van der Waals surface area (Å²) in [5.41, 5.74) is 4.89. The smallest absolute Gasteiger partial charge is 0.288 e. The highest BCUT2D eigenvalue weighted by molar-refractivity contribution is 7.99. The molecule has 30 heavy (non-hydrogen) atoms. The zero-order valence-corrected chi connectivity index (χ0v) is 17.8. The Morgan fingerprint density at radius 2 is 1.80 bits per heavy atom. The van der Waals surface area contributed by atoms with Gasteiger partial charge in [0.25, 0.3) is 11.7 Å². The number of hydrogen-bond acceptors (Lipinski definition) is 4. The molecule has 0 unspecified atom stereocenters. The molecule has 4 rings (SSSR count). The highest BCUT2D eigenvalue weighted by Gasteiger charge is 2.23. The van der Waals surface area contributed by atoms with E-state index in [1.54, 1.807) is 24.3 Å². The molecular weight excluding hydrogens is 406 g/mol. The lowest BCUT2D eigenvalue weighted by atomic mass is 10.2. The van der Waals surface area contributed by atoms with Gasteiger partial charge in [0.2, 0.25) is 0 Å². The zero-order chi connectivity index (χ0) is 21.3. The van der Waals surface area contributed by atoms with E-state index in [4.69, 9.17) is 0 Å². The Morgan fingerprint density at radius 3 is 2.47 bits per heavy atom. The maximum atomic E-state index is 12.8. The number of pyridine rings is 1. The van der Waals surface area contributed by atoms with E-state index in [-0.39, 0.29) is 5.91 Å². The number of fused-ring (bicyclic) bond motifs is 1. The number of carbonyl (C=O) groups is 1. The van der Waals surface area contributed by atoms with E-state index >= 15 is 0 Å². The Bertz CT molecular complexity index is 1040. The Morgan fingerprint density at radius 1 is 1.10 bits per heavy atom. The summed E-state index contributed by atoms with van der Waals surface area (Å²) in [7, 11) is 0. The van der Waals surface area contributed by atoms with Crippen LogP contribution in [0.3, 0.4) is 0 Å². The second-order valence-electron chi connectivity index (χ2n) is 7.55. The van der Waals surface area contributed by atoms with E-state index in [2.05, 4.69) is 39.5 Å². The largest absolute Gasteiger partial charge is 0.336 e. The quantitative estimate of drug-likeness (QED) is 0.568. The van der Waals surface area contributed by atoms with Crippen molar-refractivity contribution in [3.05, 3.63) is 65.1 Å². The van der Waals surface area contributed by atoms with Gasteiger partial charge in [0.15, 0.2) is 0 Å². The van der Waals surface area contributed by atoms with Crippen molar-refractivity contribution in [3.63, 3.8) is 0 Å². The molecule has 3 aromatic rings. The van der Waals surface area contributed by atoms with E-state index in [0.29, 0.717) is 35.3 Å². The first-order valence-electron chi connectivity index (χ1n) is 9.91. The summed E-state index contributed by atoms with van der Waals surface area (Å²) in [6.07, 6.45) is 2.07. The lowest BCUT2D eigenvalue weighted by molar-refractivity contribution is 0.0626. The molecular formula is C22H24F2N4OS. The van der Waals surface area contributed by atoms with E-state index in [9.17, 15) is 13.6 Å². The van der Waals surface area contributed by atoms with Crippen LogP contribution in [0, 0.1) is 13.8 Å². The molecule has 1 amide bonds. The molecule has 1 fully saturated rings. The van der Waals surface area contributed by atoms with E-state index in [1.807, 2.05) is 11.8 Å². The normalized spacial score (nSPS) is 15.3. The molecule has 0 N–H and O–H groups in total. The molecule has 0 saturated carbocycles. The second-order valence-corrected chi connectivity index (χ2v) is 8.61. The van der Waals surface area contributed by atoms with Crippen LogP contribution in [0.5, 0.6) is 0 Å². The monoisotopic (exact) mass is 430 g/mol. The summed E-state index contributed by atoms with van der Waals surface area (Å²) >= 11 is 0.487. The van der Waals surface area contributed by atoms with Gasteiger partial charge in [0.05, 0.1) is 11.4 Å². The van der Waals surface area contributed by atoms with Crippen LogP contribution in [0.1, 0.15) is 27.3 Å².